The van der Waals surface area contributed by atoms with E-state index in [2.05, 4.69) is 10.2 Å². The van der Waals surface area contributed by atoms with Gasteiger partial charge in [-0.15, -0.1) is 10.2 Å². The number of aromatic nitrogens is 3. The lowest BCUT2D eigenvalue weighted by atomic mass is 10.0. The van der Waals surface area contributed by atoms with E-state index in [-0.39, 0.29) is 24.3 Å². The standard InChI is InChI=1S/C23H22F5N5O/c24-17-5-6-19(25)15(11-17)12-18(29)13-21(34)32-8-7-20-30-31-22(33(20)10-9-32)14-1-3-16(4-2-14)23(26,27)28/h1-6,11,18H,7-10,12-13,29H2/t18-/m1/s1. The summed E-state index contributed by atoms with van der Waals surface area (Å²) in [5.41, 5.74) is 5.89. The molecular formula is C23H22F5N5O. The smallest absolute Gasteiger partial charge is 0.340 e. The van der Waals surface area contributed by atoms with Gasteiger partial charge in [-0.3, -0.25) is 4.79 Å². The molecular weight excluding hydrogens is 457 g/mol. The number of carbonyl (C=O) groups excluding carboxylic acids is 1. The summed E-state index contributed by atoms with van der Waals surface area (Å²) in [6.45, 7) is 1.06. The van der Waals surface area contributed by atoms with Gasteiger partial charge in [0.2, 0.25) is 5.91 Å². The van der Waals surface area contributed by atoms with Gasteiger partial charge in [-0.05, 0) is 42.3 Å². The van der Waals surface area contributed by atoms with E-state index >= 15 is 0 Å². The number of nitrogens with zero attached hydrogens (tertiary/aromatic N) is 4. The molecule has 180 valence electrons. The average molecular weight is 479 g/mol. The Morgan fingerprint density at radius 2 is 1.76 bits per heavy atom. The van der Waals surface area contributed by atoms with Crippen LogP contribution < -0.4 is 5.73 Å². The Morgan fingerprint density at radius 3 is 2.47 bits per heavy atom. The topological polar surface area (TPSA) is 77.0 Å². The second kappa shape index (κ2) is 9.49. The summed E-state index contributed by atoms with van der Waals surface area (Å²) in [5.74, 6) is -0.325. The van der Waals surface area contributed by atoms with Crippen LogP contribution in [0.1, 0.15) is 23.4 Å². The number of alkyl halides is 3. The minimum atomic E-state index is -4.43. The fraction of sp³-hybridized carbons (Fsp3) is 0.348. The predicted molar refractivity (Wildman–Crippen MR) is 113 cm³/mol. The van der Waals surface area contributed by atoms with Crippen molar-refractivity contribution in [3.8, 4) is 11.4 Å². The third-order valence-electron chi connectivity index (χ3n) is 5.78. The van der Waals surface area contributed by atoms with Crippen LogP contribution in [0.5, 0.6) is 0 Å². The van der Waals surface area contributed by atoms with Crippen molar-refractivity contribution in [3.05, 3.63) is 71.1 Å². The van der Waals surface area contributed by atoms with Gasteiger partial charge in [0.25, 0.3) is 0 Å². The number of hydrogen-bond acceptors (Lipinski definition) is 4. The van der Waals surface area contributed by atoms with Crippen LogP contribution in [0.2, 0.25) is 0 Å². The number of benzene rings is 2. The zero-order valence-electron chi connectivity index (χ0n) is 18.0. The summed E-state index contributed by atoms with van der Waals surface area (Å²) in [5, 5.41) is 8.27. The van der Waals surface area contributed by atoms with Gasteiger partial charge in [-0.25, -0.2) is 8.78 Å². The molecule has 0 saturated heterocycles. The summed E-state index contributed by atoms with van der Waals surface area (Å²) >= 11 is 0. The first-order valence-corrected chi connectivity index (χ1v) is 10.7. The van der Waals surface area contributed by atoms with Crippen molar-refractivity contribution in [3.63, 3.8) is 0 Å². The Labute approximate surface area is 192 Å². The molecule has 1 amide bonds. The number of amides is 1. The fourth-order valence-corrected chi connectivity index (χ4v) is 4.00. The summed E-state index contributed by atoms with van der Waals surface area (Å²) in [6, 6.07) is 7.10. The summed E-state index contributed by atoms with van der Waals surface area (Å²) in [6.07, 6.45) is -4.04. The van der Waals surface area contributed by atoms with E-state index in [9.17, 15) is 26.7 Å². The van der Waals surface area contributed by atoms with Crippen molar-refractivity contribution in [1.29, 1.82) is 0 Å². The highest BCUT2D eigenvalue weighted by Gasteiger charge is 2.30. The van der Waals surface area contributed by atoms with E-state index in [1.807, 2.05) is 0 Å². The molecule has 1 aliphatic rings. The molecule has 4 rings (SSSR count). The first-order chi connectivity index (χ1) is 16.1. The van der Waals surface area contributed by atoms with Crippen molar-refractivity contribution >= 4 is 5.91 Å². The molecule has 0 spiro atoms. The first kappa shape index (κ1) is 23.8. The van der Waals surface area contributed by atoms with Gasteiger partial charge in [0, 0.05) is 44.1 Å². The van der Waals surface area contributed by atoms with Crippen molar-refractivity contribution in [2.75, 3.05) is 13.1 Å². The van der Waals surface area contributed by atoms with Crippen LogP contribution in [-0.2, 0) is 30.4 Å². The van der Waals surface area contributed by atoms with Crippen molar-refractivity contribution in [1.82, 2.24) is 19.7 Å². The molecule has 0 aliphatic carbocycles. The molecule has 2 N–H and O–H groups in total. The maximum absolute atomic E-state index is 13.9. The third kappa shape index (κ3) is 5.24. The molecule has 2 heterocycles. The third-order valence-corrected chi connectivity index (χ3v) is 5.78. The minimum Gasteiger partial charge on any atom is -0.340 e. The Balaban J connectivity index is 1.40. The van der Waals surface area contributed by atoms with Crippen molar-refractivity contribution in [2.45, 2.75) is 38.0 Å². The number of carbonyl (C=O) groups is 1. The van der Waals surface area contributed by atoms with E-state index in [4.69, 9.17) is 5.73 Å². The molecule has 34 heavy (non-hydrogen) atoms. The van der Waals surface area contributed by atoms with E-state index in [0.29, 0.717) is 43.3 Å². The quantitative estimate of drug-likeness (QED) is 0.568. The Kier molecular flexibility index (Phi) is 6.65. The van der Waals surface area contributed by atoms with Crippen molar-refractivity contribution < 1.29 is 26.7 Å². The molecule has 11 heteroatoms. The van der Waals surface area contributed by atoms with Crippen LogP contribution in [0.3, 0.4) is 0 Å². The zero-order valence-corrected chi connectivity index (χ0v) is 18.0. The van der Waals surface area contributed by atoms with Gasteiger partial charge in [-0.1, -0.05) is 12.1 Å². The fourth-order valence-electron chi connectivity index (χ4n) is 4.00. The van der Waals surface area contributed by atoms with Gasteiger partial charge < -0.3 is 15.2 Å². The first-order valence-electron chi connectivity index (χ1n) is 10.7. The largest absolute Gasteiger partial charge is 0.416 e. The van der Waals surface area contributed by atoms with Gasteiger partial charge in [-0.2, -0.15) is 13.2 Å². The van der Waals surface area contributed by atoms with Crippen molar-refractivity contribution in [2.24, 2.45) is 5.73 Å². The second-order valence-corrected chi connectivity index (χ2v) is 8.20. The lowest BCUT2D eigenvalue weighted by molar-refractivity contribution is -0.137. The van der Waals surface area contributed by atoms with E-state index in [1.165, 1.54) is 12.1 Å². The molecule has 0 unspecified atom stereocenters. The number of fused-ring (bicyclic) bond motifs is 1. The molecule has 1 aliphatic heterocycles. The van der Waals surface area contributed by atoms with E-state index in [0.717, 1.165) is 30.3 Å². The lowest BCUT2D eigenvalue weighted by Crippen LogP contribution is -2.38. The highest BCUT2D eigenvalue weighted by atomic mass is 19.4. The van der Waals surface area contributed by atoms with Gasteiger partial charge >= 0.3 is 6.18 Å². The zero-order chi connectivity index (χ0) is 24.5. The molecule has 1 aromatic heterocycles. The van der Waals surface area contributed by atoms with E-state index in [1.54, 1.807) is 9.47 Å². The minimum absolute atomic E-state index is 0.0206. The normalized spacial score (nSPS) is 15.1. The summed E-state index contributed by atoms with van der Waals surface area (Å²) in [4.78, 5) is 14.4. The maximum atomic E-state index is 13.9. The monoisotopic (exact) mass is 479 g/mol. The van der Waals surface area contributed by atoms with Crippen LogP contribution in [0.25, 0.3) is 11.4 Å². The number of halogens is 5. The van der Waals surface area contributed by atoms with Crippen LogP contribution >= 0.6 is 0 Å². The Morgan fingerprint density at radius 1 is 1.03 bits per heavy atom. The number of hydrogen-bond donors (Lipinski definition) is 1. The van der Waals surface area contributed by atoms with E-state index < -0.39 is 29.4 Å². The van der Waals surface area contributed by atoms with Crippen LogP contribution in [0.15, 0.2) is 42.5 Å². The highest BCUT2D eigenvalue weighted by molar-refractivity contribution is 5.77. The lowest BCUT2D eigenvalue weighted by Gasteiger charge is -2.22. The summed E-state index contributed by atoms with van der Waals surface area (Å²) in [7, 11) is 0. The molecule has 6 nitrogen and oxygen atoms in total. The molecule has 0 radical (unpaired) electrons. The predicted octanol–water partition coefficient (Wildman–Crippen LogP) is 3.59. The van der Waals surface area contributed by atoms with Crippen LogP contribution in [0.4, 0.5) is 22.0 Å². The highest BCUT2D eigenvalue weighted by Crippen LogP contribution is 2.31. The number of rotatable bonds is 5. The van der Waals surface area contributed by atoms with Gasteiger partial charge in [0.05, 0.1) is 5.56 Å². The average Bonchev–Trinajstić information content (AvgIpc) is 3.06. The molecule has 0 bridgehead atoms. The van der Waals surface area contributed by atoms with Crippen LogP contribution in [0, 0.1) is 11.6 Å². The molecule has 0 fully saturated rings. The Hall–Kier alpha value is -3.34. The molecule has 0 saturated carbocycles. The molecule has 3 aromatic rings. The van der Waals surface area contributed by atoms with Gasteiger partial charge in [0.1, 0.15) is 17.5 Å². The second-order valence-electron chi connectivity index (χ2n) is 8.20. The van der Waals surface area contributed by atoms with Crippen LogP contribution in [-0.4, -0.2) is 44.7 Å². The molecule has 2 aromatic carbocycles. The molecule has 1 atom stereocenters. The summed E-state index contributed by atoms with van der Waals surface area (Å²) < 4.78 is 67.6. The SMILES string of the molecule is N[C@@H](CC(=O)N1CCc2nnc(-c3ccc(C(F)(F)F)cc3)n2CC1)Cc1cc(F)ccc1F. The number of nitrogens with two attached hydrogens (primary N) is 1. The van der Waals surface area contributed by atoms with Gasteiger partial charge in [0.15, 0.2) is 5.82 Å². The maximum Gasteiger partial charge on any atom is 0.416 e. The Bertz CT molecular complexity index is 1180.